The van der Waals surface area contributed by atoms with Gasteiger partial charge in [-0.25, -0.2) is 0 Å². The molecule has 1 amide bonds. The lowest BCUT2D eigenvalue weighted by Crippen LogP contribution is -2.18. The Morgan fingerprint density at radius 2 is 1.38 bits per heavy atom. The molecule has 5 aromatic rings. The molecule has 0 bridgehead atoms. The average Bonchev–Trinajstić information content (AvgIpc) is 2.70. The van der Waals surface area contributed by atoms with E-state index in [0.717, 1.165) is 38.6 Å². The second-order valence-corrected chi connectivity index (χ2v) is 6.52. The molecule has 3 heteroatoms. The molecule has 0 aromatic heterocycles. The van der Waals surface area contributed by atoms with E-state index in [1.807, 2.05) is 24.3 Å². The number of carbonyl (C=O) groups is 2. The Bertz CT molecular complexity index is 1300. The van der Waals surface area contributed by atoms with Gasteiger partial charge in [0, 0.05) is 23.6 Å². The van der Waals surface area contributed by atoms with E-state index in [4.69, 9.17) is 0 Å². The molecule has 3 nitrogen and oxygen atoms in total. The number of amides is 1. The molecule has 0 aliphatic rings. The first kappa shape index (κ1) is 14.8. The van der Waals surface area contributed by atoms with Gasteiger partial charge in [0.2, 0.25) is 0 Å². The monoisotopic (exact) mass is 337 g/mol. The first-order valence-corrected chi connectivity index (χ1v) is 8.54. The Morgan fingerprint density at radius 3 is 2.00 bits per heavy atom. The van der Waals surface area contributed by atoms with Crippen LogP contribution in [-0.4, -0.2) is 19.2 Å². The highest BCUT2D eigenvalue weighted by atomic mass is 16.1. The maximum atomic E-state index is 12.4. The minimum atomic E-state index is -0.186. The van der Waals surface area contributed by atoms with Gasteiger partial charge in [-0.15, -0.1) is 0 Å². The summed E-state index contributed by atoms with van der Waals surface area (Å²) in [6, 6.07) is 20.2. The first-order chi connectivity index (χ1) is 12.7. The smallest absolute Gasteiger partial charge is 0.251 e. The molecule has 1 N–H and O–H groups in total. The molecular weight excluding hydrogens is 322 g/mol. The molecule has 26 heavy (non-hydrogen) atoms. The predicted octanol–water partition coefficient (Wildman–Crippen LogP) is 4.91. The van der Waals surface area contributed by atoms with Crippen LogP contribution in [0.2, 0.25) is 0 Å². The molecule has 0 radical (unpaired) electrons. The van der Waals surface area contributed by atoms with Crippen LogP contribution in [0.15, 0.2) is 60.7 Å². The van der Waals surface area contributed by atoms with Crippen LogP contribution in [0.5, 0.6) is 0 Å². The molecule has 0 fully saturated rings. The van der Waals surface area contributed by atoms with E-state index in [1.54, 1.807) is 7.05 Å². The predicted molar refractivity (Wildman–Crippen MR) is 106 cm³/mol. The van der Waals surface area contributed by atoms with Gasteiger partial charge in [-0.05, 0) is 43.8 Å². The quantitative estimate of drug-likeness (QED) is 0.283. The average molecular weight is 337 g/mol. The molecule has 0 unspecified atom stereocenters. The number of carbonyl (C=O) groups excluding carboxylic acids is 2. The number of benzene rings is 5. The van der Waals surface area contributed by atoms with Crippen LogP contribution in [0, 0.1) is 0 Å². The van der Waals surface area contributed by atoms with Crippen molar-refractivity contribution in [2.75, 3.05) is 7.05 Å². The van der Waals surface area contributed by atoms with Gasteiger partial charge in [-0.2, -0.15) is 0 Å². The van der Waals surface area contributed by atoms with Crippen molar-refractivity contribution in [1.29, 1.82) is 0 Å². The topological polar surface area (TPSA) is 46.2 Å². The van der Waals surface area contributed by atoms with Crippen LogP contribution >= 0.6 is 0 Å². The summed E-state index contributed by atoms with van der Waals surface area (Å²) in [6.45, 7) is 0. The SMILES string of the molecule is CNC(=O)c1ccc2c3cccc4cccc(c5ccc(C=O)c1c52)c43. The molecule has 0 saturated heterocycles. The van der Waals surface area contributed by atoms with Crippen LogP contribution in [0.1, 0.15) is 20.7 Å². The van der Waals surface area contributed by atoms with E-state index in [2.05, 4.69) is 41.7 Å². The second kappa shape index (κ2) is 5.27. The fourth-order valence-corrected chi connectivity index (χ4v) is 4.18. The fraction of sp³-hybridized carbons (Fsp3) is 0.0435. The number of hydrogen-bond donors (Lipinski definition) is 1. The number of aldehydes is 1. The Labute approximate surface area is 149 Å². The normalized spacial score (nSPS) is 11.6. The van der Waals surface area contributed by atoms with Gasteiger partial charge >= 0.3 is 0 Å². The molecule has 5 rings (SSSR count). The molecule has 0 aliphatic carbocycles. The summed E-state index contributed by atoms with van der Waals surface area (Å²) in [5.41, 5.74) is 1.07. The largest absolute Gasteiger partial charge is 0.355 e. The maximum Gasteiger partial charge on any atom is 0.251 e. The van der Waals surface area contributed by atoms with E-state index >= 15 is 0 Å². The molecule has 124 valence electrons. The lowest BCUT2D eigenvalue weighted by molar-refractivity contribution is 0.0964. The van der Waals surface area contributed by atoms with Gasteiger partial charge in [0.05, 0.1) is 0 Å². The summed E-state index contributed by atoms with van der Waals surface area (Å²) in [6.07, 6.45) is 0.830. The Morgan fingerprint density at radius 1 is 0.769 bits per heavy atom. The standard InChI is InChI=1S/C23H15NO2/c1-24-23(26)19-11-10-18-16-7-3-5-13-4-2-6-15(20(13)16)17-9-8-14(12-25)21(19)22(17)18/h2-12H,1H3,(H,24,26). The summed E-state index contributed by atoms with van der Waals surface area (Å²) in [5.74, 6) is -0.186. The Balaban J connectivity index is 2.16. The summed E-state index contributed by atoms with van der Waals surface area (Å²) < 4.78 is 0. The lowest BCUT2D eigenvalue weighted by atomic mass is 9.86. The van der Waals surface area contributed by atoms with E-state index in [0.29, 0.717) is 11.1 Å². The van der Waals surface area contributed by atoms with E-state index in [1.165, 1.54) is 10.8 Å². The number of rotatable bonds is 2. The van der Waals surface area contributed by atoms with Gasteiger partial charge in [0.1, 0.15) is 0 Å². The van der Waals surface area contributed by atoms with Crippen LogP contribution in [0.25, 0.3) is 43.1 Å². The number of hydrogen-bond acceptors (Lipinski definition) is 2. The van der Waals surface area contributed by atoms with Crippen LogP contribution < -0.4 is 5.32 Å². The lowest BCUT2D eigenvalue weighted by Gasteiger charge is -2.17. The van der Waals surface area contributed by atoms with E-state index in [9.17, 15) is 9.59 Å². The minimum Gasteiger partial charge on any atom is -0.355 e. The first-order valence-electron chi connectivity index (χ1n) is 8.54. The van der Waals surface area contributed by atoms with Gasteiger partial charge in [-0.1, -0.05) is 54.6 Å². The van der Waals surface area contributed by atoms with Crippen molar-refractivity contribution >= 4 is 55.3 Å². The highest BCUT2D eigenvalue weighted by molar-refractivity contribution is 6.35. The third-order valence-corrected chi connectivity index (χ3v) is 5.28. The third kappa shape index (κ3) is 1.77. The molecule has 0 heterocycles. The van der Waals surface area contributed by atoms with Gasteiger partial charge in [0.15, 0.2) is 6.29 Å². The minimum absolute atomic E-state index is 0.186. The van der Waals surface area contributed by atoms with Crippen molar-refractivity contribution in [3.8, 4) is 0 Å². The van der Waals surface area contributed by atoms with Crippen LogP contribution in [0.4, 0.5) is 0 Å². The zero-order valence-electron chi connectivity index (χ0n) is 14.2. The van der Waals surface area contributed by atoms with Crippen molar-refractivity contribution in [1.82, 2.24) is 5.32 Å². The maximum absolute atomic E-state index is 12.4. The molecule has 0 saturated carbocycles. The molecular formula is C23H15NO2. The van der Waals surface area contributed by atoms with Gasteiger partial charge in [-0.3, -0.25) is 9.59 Å². The molecule has 0 atom stereocenters. The second-order valence-electron chi connectivity index (χ2n) is 6.52. The summed E-state index contributed by atoms with van der Waals surface area (Å²) in [4.78, 5) is 24.2. The Hall–Kier alpha value is -3.46. The highest BCUT2D eigenvalue weighted by Gasteiger charge is 2.19. The number of nitrogens with one attached hydrogen (secondary N) is 1. The Kier molecular flexibility index (Phi) is 3.01. The van der Waals surface area contributed by atoms with Crippen molar-refractivity contribution in [2.24, 2.45) is 0 Å². The third-order valence-electron chi connectivity index (χ3n) is 5.28. The van der Waals surface area contributed by atoms with Crippen molar-refractivity contribution < 1.29 is 9.59 Å². The summed E-state index contributed by atoms with van der Waals surface area (Å²) >= 11 is 0. The molecule has 0 aliphatic heterocycles. The van der Waals surface area contributed by atoms with E-state index in [-0.39, 0.29) is 5.91 Å². The van der Waals surface area contributed by atoms with Crippen molar-refractivity contribution in [2.45, 2.75) is 0 Å². The van der Waals surface area contributed by atoms with Crippen molar-refractivity contribution in [3.63, 3.8) is 0 Å². The molecule has 5 aromatic carbocycles. The summed E-state index contributed by atoms with van der Waals surface area (Å²) in [5, 5.41) is 11.2. The van der Waals surface area contributed by atoms with Gasteiger partial charge < -0.3 is 5.32 Å². The highest BCUT2D eigenvalue weighted by Crippen LogP contribution is 2.41. The zero-order valence-corrected chi connectivity index (χ0v) is 14.2. The zero-order chi connectivity index (χ0) is 17.8. The van der Waals surface area contributed by atoms with Crippen LogP contribution in [-0.2, 0) is 0 Å². The fourth-order valence-electron chi connectivity index (χ4n) is 4.18. The van der Waals surface area contributed by atoms with E-state index < -0.39 is 0 Å². The molecule has 0 spiro atoms. The number of fused-ring (bicyclic) bond motifs is 2. The van der Waals surface area contributed by atoms with Gasteiger partial charge in [0.25, 0.3) is 5.91 Å². The van der Waals surface area contributed by atoms with Crippen molar-refractivity contribution in [3.05, 3.63) is 71.8 Å². The van der Waals surface area contributed by atoms with Crippen LogP contribution in [0.3, 0.4) is 0 Å². The summed E-state index contributed by atoms with van der Waals surface area (Å²) in [7, 11) is 1.61.